The first-order valence-electron chi connectivity index (χ1n) is 9.70. The number of benzene rings is 1. The number of anilines is 1. The maximum absolute atomic E-state index is 13.3. The molecule has 1 aliphatic rings. The summed E-state index contributed by atoms with van der Waals surface area (Å²) in [5.41, 5.74) is 2.95. The molecule has 4 rings (SSSR count). The molecule has 3 aromatic rings. The van der Waals surface area contributed by atoms with Gasteiger partial charge in [0.25, 0.3) is 5.91 Å². The second-order valence-electron chi connectivity index (χ2n) is 7.20. The number of carbonyl (C=O) groups excluding carboxylic acids is 1. The van der Waals surface area contributed by atoms with Gasteiger partial charge in [0.05, 0.1) is 10.6 Å². The molecule has 1 aliphatic heterocycles. The van der Waals surface area contributed by atoms with E-state index in [0.717, 1.165) is 28.8 Å². The average molecular weight is 426 g/mol. The van der Waals surface area contributed by atoms with Gasteiger partial charge < -0.3 is 9.80 Å². The number of pyridine rings is 1. The topological polar surface area (TPSA) is 62.2 Å². The summed E-state index contributed by atoms with van der Waals surface area (Å²) in [7, 11) is 0. The number of nitrogens with zero attached hydrogens (tertiary/aromatic N) is 5. The highest BCUT2D eigenvalue weighted by Gasteiger charge is 2.26. The quantitative estimate of drug-likeness (QED) is 0.636. The number of hydrogen-bond donors (Lipinski definition) is 0. The molecule has 0 unspecified atom stereocenters. The highest BCUT2D eigenvalue weighted by molar-refractivity contribution is 6.33. The van der Waals surface area contributed by atoms with Crippen LogP contribution in [0.5, 0.6) is 0 Å². The first kappa shape index (κ1) is 20.2. The highest BCUT2D eigenvalue weighted by Crippen LogP contribution is 2.25. The zero-order valence-corrected chi connectivity index (χ0v) is 17.5. The molecule has 1 aromatic carbocycles. The van der Waals surface area contributed by atoms with E-state index in [1.165, 1.54) is 12.1 Å². The number of aromatic nitrogens is 3. The summed E-state index contributed by atoms with van der Waals surface area (Å²) in [6.07, 6.45) is 1.72. The number of amides is 1. The number of halogens is 2. The van der Waals surface area contributed by atoms with Gasteiger partial charge in [-0.3, -0.25) is 9.78 Å². The zero-order chi connectivity index (χ0) is 21.3. The first-order chi connectivity index (χ1) is 14.4. The van der Waals surface area contributed by atoms with Crippen molar-refractivity contribution in [3.8, 4) is 11.5 Å². The van der Waals surface area contributed by atoms with Crippen molar-refractivity contribution in [2.75, 3.05) is 31.1 Å². The molecule has 6 nitrogen and oxygen atoms in total. The van der Waals surface area contributed by atoms with Crippen LogP contribution in [0.15, 0.2) is 42.6 Å². The molecule has 1 fully saturated rings. The normalized spacial score (nSPS) is 14.1. The number of rotatable bonds is 3. The molecule has 8 heteroatoms. The van der Waals surface area contributed by atoms with Gasteiger partial charge in [0.2, 0.25) is 0 Å². The van der Waals surface area contributed by atoms with Crippen molar-refractivity contribution in [3.63, 3.8) is 0 Å². The van der Waals surface area contributed by atoms with E-state index >= 15 is 0 Å². The number of carbonyl (C=O) groups is 1. The molecule has 1 amide bonds. The molecular weight excluding hydrogens is 405 g/mol. The van der Waals surface area contributed by atoms with E-state index in [0.29, 0.717) is 37.6 Å². The molecule has 0 spiro atoms. The molecule has 0 radical (unpaired) electrons. The van der Waals surface area contributed by atoms with Gasteiger partial charge in [-0.1, -0.05) is 17.7 Å². The Hall–Kier alpha value is -3.06. The highest BCUT2D eigenvalue weighted by atomic mass is 35.5. The van der Waals surface area contributed by atoms with Gasteiger partial charge in [-0.25, -0.2) is 14.4 Å². The Bertz CT molecular complexity index is 1080. The van der Waals surface area contributed by atoms with Crippen LogP contribution < -0.4 is 4.90 Å². The Morgan fingerprint density at radius 2 is 1.83 bits per heavy atom. The fourth-order valence-electron chi connectivity index (χ4n) is 3.49. The van der Waals surface area contributed by atoms with E-state index in [2.05, 4.69) is 14.9 Å². The van der Waals surface area contributed by atoms with Gasteiger partial charge in [-0.2, -0.15) is 0 Å². The lowest BCUT2D eigenvalue weighted by molar-refractivity contribution is 0.0746. The summed E-state index contributed by atoms with van der Waals surface area (Å²) < 4.78 is 13.3. The summed E-state index contributed by atoms with van der Waals surface area (Å²) in [6, 6.07) is 9.50. The molecule has 0 bridgehead atoms. The zero-order valence-electron chi connectivity index (χ0n) is 16.8. The predicted molar refractivity (Wildman–Crippen MR) is 114 cm³/mol. The minimum absolute atomic E-state index is 0.129. The molecule has 0 atom stereocenters. The van der Waals surface area contributed by atoms with E-state index in [1.54, 1.807) is 11.1 Å². The minimum atomic E-state index is -0.459. The third-order valence-corrected chi connectivity index (χ3v) is 5.60. The summed E-state index contributed by atoms with van der Waals surface area (Å²) >= 11 is 6.06. The fourth-order valence-corrected chi connectivity index (χ4v) is 3.73. The van der Waals surface area contributed by atoms with Crippen LogP contribution in [-0.2, 0) is 0 Å². The van der Waals surface area contributed by atoms with E-state index in [1.807, 2.05) is 32.0 Å². The van der Waals surface area contributed by atoms with Crippen LogP contribution in [0.4, 0.5) is 10.2 Å². The van der Waals surface area contributed by atoms with Crippen molar-refractivity contribution in [1.82, 2.24) is 19.9 Å². The van der Waals surface area contributed by atoms with Gasteiger partial charge in [-0.05, 0) is 44.2 Å². The molecule has 0 saturated carbocycles. The lowest BCUT2D eigenvalue weighted by Crippen LogP contribution is -2.49. The van der Waals surface area contributed by atoms with Crippen molar-refractivity contribution in [2.45, 2.75) is 13.8 Å². The first-order valence-corrected chi connectivity index (χ1v) is 10.1. The summed E-state index contributed by atoms with van der Waals surface area (Å²) in [5, 5.41) is 0.129. The molecule has 0 N–H and O–H groups in total. The monoisotopic (exact) mass is 425 g/mol. The van der Waals surface area contributed by atoms with E-state index in [-0.39, 0.29) is 10.9 Å². The van der Waals surface area contributed by atoms with E-state index < -0.39 is 5.82 Å². The van der Waals surface area contributed by atoms with Gasteiger partial charge in [0.15, 0.2) is 5.82 Å². The van der Waals surface area contributed by atoms with Gasteiger partial charge in [0, 0.05) is 43.6 Å². The number of aryl methyl sites for hydroxylation is 1. The molecule has 1 saturated heterocycles. The largest absolute Gasteiger partial charge is 0.353 e. The van der Waals surface area contributed by atoms with E-state index in [4.69, 9.17) is 16.6 Å². The Labute approximate surface area is 179 Å². The van der Waals surface area contributed by atoms with Crippen LogP contribution in [0.25, 0.3) is 11.5 Å². The van der Waals surface area contributed by atoms with Crippen molar-refractivity contribution >= 4 is 23.3 Å². The van der Waals surface area contributed by atoms with Gasteiger partial charge in [-0.15, -0.1) is 0 Å². The smallest absolute Gasteiger partial charge is 0.255 e. The second-order valence-corrected chi connectivity index (χ2v) is 7.61. The van der Waals surface area contributed by atoms with Crippen LogP contribution >= 0.6 is 11.6 Å². The van der Waals surface area contributed by atoms with E-state index in [9.17, 15) is 9.18 Å². The molecule has 2 aromatic heterocycles. The Morgan fingerprint density at radius 1 is 1.07 bits per heavy atom. The Balaban J connectivity index is 1.53. The fraction of sp³-hybridized carbons (Fsp3) is 0.273. The third kappa shape index (κ3) is 3.98. The maximum atomic E-state index is 13.3. The lowest BCUT2D eigenvalue weighted by Gasteiger charge is -2.36. The molecule has 3 heterocycles. The molecular formula is C22H21ClFN5O. The Morgan fingerprint density at radius 3 is 2.50 bits per heavy atom. The van der Waals surface area contributed by atoms with Crippen LogP contribution in [-0.4, -0.2) is 51.9 Å². The van der Waals surface area contributed by atoms with Gasteiger partial charge in [0.1, 0.15) is 17.3 Å². The minimum Gasteiger partial charge on any atom is -0.353 e. The molecule has 0 aliphatic carbocycles. The molecule has 154 valence electrons. The SMILES string of the molecule is Cc1nc(-c2ccccn2)nc(N2CCN(C(=O)c3ccc(F)cc3Cl)CC2)c1C. The van der Waals surface area contributed by atoms with Crippen molar-refractivity contribution in [2.24, 2.45) is 0 Å². The number of hydrogen-bond acceptors (Lipinski definition) is 5. The van der Waals surface area contributed by atoms with Crippen LogP contribution in [0.3, 0.4) is 0 Å². The van der Waals surface area contributed by atoms with Crippen molar-refractivity contribution in [3.05, 3.63) is 70.3 Å². The standard InChI is InChI=1S/C22H21ClFN5O/c1-14-15(2)26-20(19-5-3-4-8-25-19)27-21(14)28-9-11-29(12-10-28)22(30)17-7-6-16(24)13-18(17)23/h3-8,13H,9-12H2,1-2H3. The van der Waals surface area contributed by atoms with Crippen molar-refractivity contribution in [1.29, 1.82) is 0 Å². The summed E-state index contributed by atoms with van der Waals surface area (Å²) in [4.78, 5) is 30.4. The van der Waals surface area contributed by atoms with Crippen LogP contribution in [0.2, 0.25) is 5.02 Å². The third-order valence-electron chi connectivity index (χ3n) is 5.29. The van der Waals surface area contributed by atoms with Crippen molar-refractivity contribution < 1.29 is 9.18 Å². The van der Waals surface area contributed by atoms with Crippen LogP contribution in [0, 0.1) is 19.7 Å². The predicted octanol–water partition coefficient (Wildman–Crippen LogP) is 3.91. The van der Waals surface area contributed by atoms with Gasteiger partial charge >= 0.3 is 0 Å². The molecule has 30 heavy (non-hydrogen) atoms. The maximum Gasteiger partial charge on any atom is 0.255 e. The number of piperazine rings is 1. The average Bonchev–Trinajstić information content (AvgIpc) is 2.76. The summed E-state index contributed by atoms with van der Waals surface area (Å²) in [6.45, 7) is 6.26. The summed E-state index contributed by atoms with van der Waals surface area (Å²) in [5.74, 6) is 0.796. The lowest BCUT2D eigenvalue weighted by atomic mass is 10.1. The van der Waals surface area contributed by atoms with Crippen LogP contribution in [0.1, 0.15) is 21.6 Å². The Kier molecular flexibility index (Phi) is 5.63. The second kappa shape index (κ2) is 8.36.